The lowest BCUT2D eigenvalue weighted by atomic mass is 9.93. The molecule has 2 aromatic heterocycles. The van der Waals surface area contributed by atoms with Crippen molar-refractivity contribution < 1.29 is 9.53 Å². The number of hydrogen-bond donors (Lipinski definition) is 3. The molecule has 0 saturated heterocycles. The Morgan fingerprint density at radius 1 is 1.07 bits per heavy atom. The topological polar surface area (TPSA) is 91.9 Å². The maximum Gasteiger partial charge on any atom is 0.256 e. The fourth-order valence-electron chi connectivity index (χ4n) is 3.94. The lowest BCUT2D eigenvalue weighted by Crippen LogP contribution is -2.20. The monoisotopic (exact) mass is 387 g/mol. The number of imidazole rings is 1. The van der Waals surface area contributed by atoms with E-state index in [-0.39, 0.29) is 5.91 Å². The van der Waals surface area contributed by atoms with Crippen LogP contribution < -0.4 is 15.4 Å². The summed E-state index contributed by atoms with van der Waals surface area (Å²) < 4.78 is 5.65. The van der Waals surface area contributed by atoms with Crippen molar-refractivity contribution in [1.82, 2.24) is 15.0 Å². The number of amides is 1. The van der Waals surface area contributed by atoms with E-state index in [4.69, 9.17) is 4.74 Å². The van der Waals surface area contributed by atoms with E-state index in [2.05, 4.69) is 38.6 Å². The Kier molecular flexibility index (Phi) is 3.91. The number of pyridine rings is 1. The molecule has 0 radical (unpaired) electrons. The SMILES string of the molecule is Cc1ncc(C=C2C(=O)Nc3cc(C)c(-c4cnc5c(c4C)NCCO5)cc32)[nH]1. The number of rotatable bonds is 2. The van der Waals surface area contributed by atoms with Crippen LogP contribution in [0.2, 0.25) is 0 Å². The summed E-state index contributed by atoms with van der Waals surface area (Å²) in [4.78, 5) is 24.5. The van der Waals surface area contributed by atoms with E-state index in [1.54, 1.807) is 6.20 Å². The first kappa shape index (κ1) is 17.5. The van der Waals surface area contributed by atoms with E-state index in [9.17, 15) is 4.79 Å². The Balaban J connectivity index is 1.65. The quantitative estimate of drug-likeness (QED) is 0.583. The second-order valence-corrected chi connectivity index (χ2v) is 7.40. The molecule has 29 heavy (non-hydrogen) atoms. The second kappa shape index (κ2) is 6.48. The van der Waals surface area contributed by atoms with Crippen LogP contribution in [0.1, 0.15) is 28.2 Å². The van der Waals surface area contributed by atoms with Crippen LogP contribution in [0.3, 0.4) is 0 Å². The highest BCUT2D eigenvalue weighted by molar-refractivity contribution is 6.35. The minimum atomic E-state index is -0.112. The van der Waals surface area contributed by atoms with Gasteiger partial charge in [-0.25, -0.2) is 9.97 Å². The first-order chi connectivity index (χ1) is 14.0. The number of aryl methyl sites for hydroxylation is 2. The summed E-state index contributed by atoms with van der Waals surface area (Å²) in [5, 5.41) is 6.36. The molecule has 0 saturated carbocycles. The highest BCUT2D eigenvalue weighted by Gasteiger charge is 2.27. The molecule has 7 nitrogen and oxygen atoms in total. The van der Waals surface area contributed by atoms with Gasteiger partial charge in [0.05, 0.1) is 17.5 Å². The smallest absolute Gasteiger partial charge is 0.256 e. The molecule has 3 N–H and O–H groups in total. The van der Waals surface area contributed by atoms with Gasteiger partial charge in [0.15, 0.2) is 0 Å². The highest BCUT2D eigenvalue weighted by Crippen LogP contribution is 2.41. The standard InChI is InChI=1S/C22H21N5O2/c1-11-6-19-16(17(21(28)27-19)7-14-9-24-13(3)26-14)8-15(11)18-10-25-22-20(12(18)2)23-4-5-29-22/h6-10,23H,4-5H2,1-3H3,(H,24,26)(H,27,28). The minimum Gasteiger partial charge on any atom is -0.474 e. The van der Waals surface area contributed by atoms with Crippen LogP contribution in [-0.4, -0.2) is 34.0 Å². The van der Waals surface area contributed by atoms with Crippen molar-refractivity contribution in [3.63, 3.8) is 0 Å². The van der Waals surface area contributed by atoms with E-state index < -0.39 is 0 Å². The summed E-state index contributed by atoms with van der Waals surface area (Å²) >= 11 is 0. The van der Waals surface area contributed by atoms with E-state index >= 15 is 0 Å². The van der Waals surface area contributed by atoms with Gasteiger partial charge in [-0.1, -0.05) is 0 Å². The van der Waals surface area contributed by atoms with Gasteiger partial charge in [-0.05, 0) is 55.7 Å². The number of fused-ring (bicyclic) bond motifs is 2. The molecule has 146 valence electrons. The molecule has 0 atom stereocenters. The van der Waals surface area contributed by atoms with Crippen LogP contribution in [0.25, 0.3) is 22.8 Å². The van der Waals surface area contributed by atoms with E-state index in [1.807, 2.05) is 32.2 Å². The fourth-order valence-corrected chi connectivity index (χ4v) is 3.94. The van der Waals surface area contributed by atoms with Crippen molar-refractivity contribution in [2.24, 2.45) is 0 Å². The maximum atomic E-state index is 12.6. The number of carbonyl (C=O) groups excluding carboxylic acids is 1. The molecule has 2 aliphatic heterocycles. The van der Waals surface area contributed by atoms with Gasteiger partial charge in [0.25, 0.3) is 5.91 Å². The zero-order valence-electron chi connectivity index (χ0n) is 16.5. The summed E-state index contributed by atoms with van der Waals surface area (Å²) in [6.45, 7) is 7.38. The number of anilines is 2. The molecule has 7 heteroatoms. The van der Waals surface area contributed by atoms with Crippen molar-refractivity contribution >= 4 is 28.9 Å². The lowest BCUT2D eigenvalue weighted by Gasteiger charge is -2.22. The van der Waals surface area contributed by atoms with E-state index in [0.717, 1.165) is 57.3 Å². The number of H-pyrrole nitrogens is 1. The average Bonchev–Trinajstić information content (AvgIpc) is 3.25. The minimum absolute atomic E-state index is 0.112. The maximum absolute atomic E-state index is 12.6. The average molecular weight is 387 g/mol. The number of nitrogens with one attached hydrogen (secondary N) is 3. The largest absolute Gasteiger partial charge is 0.474 e. The molecule has 0 unspecified atom stereocenters. The summed E-state index contributed by atoms with van der Waals surface area (Å²) in [7, 11) is 0. The number of aromatic amines is 1. The summed E-state index contributed by atoms with van der Waals surface area (Å²) in [5.74, 6) is 1.34. The van der Waals surface area contributed by atoms with Gasteiger partial charge < -0.3 is 20.4 Å². The van der Waals surface area contributed by atoms with Crippen molar-refractivity contribution in [2.45, 2.75) is 20.8 Å². The van der Waals surface area contributed by atoms with Crippen LogP contribution in [0.4, 0.5) is 11.4 Å². The van der Waals surface area contributed by atoms with Crippen molar-refractivity contribution in [3.8, 4) is 17.0 Å². The van der Waals surface area contributed by atoms with E-state index in [0.29, 0.717) is 18.1 Å². The molecule has 2 aliphatic rings. The van der Waals surface area contributed by atoms with Gasteiger partial charge in [-0.2, -0.15) is 0 Å². The number of ether oxygens (including phenoxy) is 1. The summed E-state index contributed by atoms with van der Waals surface area (Å²) in [6.07, 6.45) is 5.42. The van der Waals surface area contributed by atoms with Crippen LogP contribution in [-0.2, 0) is 4.79 Å². The van der Waals surface area contributed by atoms with Crippen molar-refractivity contribution in [3.05, 3.63) is 52.7 Å². The van der Waals surface area contributed by atoms with Crippen LogP contribution in [0.15, 0.2) is 24.5 Å². The number of hydrogen-bond acceptors (Lipinski definition) is 5. The fraction of sp³-hybridized carbons (Fsp3) is 0.227. The third-order valence-electron chi connectivity index (χ3n) is 5.41. The molecule has 0 aliphatic carbocycles. The number of aromatic nitrogens is 3. The van der Waals surface area contributed by atoms with Crippen LogP contribution in [0, 0.1) is 20.8 Å². The Bertz CT molecular complexity index is 1190. The Labute approximate surface area is 168 Å². The Hall–Kier alpha value is -3.61. The van der Waals surface area contributed by atoms with Crippen LogP contribution >= 0.6 is 0 Å². The Morgan fingerprint density at radius 3 is 2.72 bits per heavy atom. The molecule has 1 aromatic carbocycles. The number of nitrogens with zero attached hydrogens (tertiary/aromatic N) is 2. The van der Waals surface area contributed by atoms with Gasteiger partial charge in [-0.3, -0.25) is 4.79 Å². The third-order valence-corrected chi connectivity index (χ3v) is 5.41. The first-order valence-electron chi connectivity index (χ1n) is 9.57. The zero-order valence-corrected chi connectivity index (χ0v) is 16.5. The summed E-state index contributed by atoms with van der Waals surface area (Å²) in [6, 6.07) is 4.09. The van der Waals surface area contributed by atoms with Crippen molar-refractivity contribution in [2.75, 3.05) is 23.8 Å². The van der Waals surface area contributed by atoms with E-state index in [1.165, 1.54) is 0 Å². The highest BCUT2D eigenvalue weighted by atomic mass is 16.5. The molecule has 5 rings (SSSR count). The molecular weight excluding hydrogens is 366 g/mol. The molecular formula is C22H21N5O2. The van der Waals surface area contributed by atoms with Gasteiger partial charge in [0.1, 0.15) is 18.1 Å². The summed E-state index contributed by atoms with van der Waals surface area (Å²) in [5.41, 5.74) is 8.30. The van der Waals surface area contributed by atoms with Crippen LogP contribution in [0.5, 0.6) is 5.88 Å². The third kappa shape index (κ3) is 2.86. The molecule has 0 bridgehead atoms. The normalized spacial score (nSPS) is 16.1. The molecule has 4 heterocycles. The lowest BCUT2D eigenvalue weighted by molar-refractivity contribution is -0.110. The predicted octanol–water partition coefficient (Wildman–Crippen LogP) is 3.69. The van der Waals surface area contributed by atoms with Gasteiger partial charge in [-0.15, -0.1) is 0 Å². The number of benzene rings is 1. The zero-order chi connectivity index (χ0) is 20.1. The Morgan fingerprint density at radius 2 is 1.93 bits per heavy atom. The van der Waals surface area contributed by atoms with Gasteiger partial charge in [0.2, 0.25) is 5.88 Å². The molecule has 1 amide bonds. The number of carbonyl (C=O) groups is 1. The second-order valence-electron chi connectivity index (χ2n) is 7.40. The van der Waals surface area contributed by atoms with Gasteiger partial charge in [0, 0.05) is 29.6 Å². The van der Waals surface area contributed by atoms with Gasteiger partial charge >= 0.3 is 0 Å². The molecule has 0 fully saturated rings. The molecule has 3 aromatic rings. The molecule has 0 spiro atoms. The van der Waals surface area contributed by atoms with Crippen molar-refractivity contribution in [1.29, 1.82) is 0 Å². The first-order valence-corrected chi connectivity index (χ1v) is 9.57. The predicted molar refractivity (Wildman–Crippen MR) is 113 cm³/mol.